The van der Waals surface area contributed by atoms with Gasteiger partial charge in [0.1, 0.15) is 0 Å². The highest BCUT2D eigenvalue weighted by molar-refractivity contribution is 7.89. The maximum atomic E-state index is 12.2. The maximum absolute atomic E-state index is 12.2. The van der Waals surface area contributed by atoms with Gasteiger partial charge in [0.15, 0.2) is 0 Å². The zero-order valence-corrected chi connectivity index (χ0v) is 15.6. The van der Waals surface area contributed by atoms with Crippen LogP contribution in [0.3, 0.4) is 0 Å². The summed E-state index contributed by atoms with van der Waals surface area (Å²) < 4.78 is 26.8. The number of rotatable bonds is 8. The van der Waals surface area contributed by atoms with E-state index in [0.717, 1.165) is 19.3 Å². The third kappa shape index (κ3) is 6.05. The molecule has 8 heteroatoms. The normalized spacial score (nSPS) is 15.7. The first kappa shape index (κ1) is 20.9. The lowest BCUT2D eigenvalue weighted by Gasteiger charge is -2.18. The first-order chi connectivity index (χ1) is 10.8. The summed E-state index contributed by atoms with van der Waals surface area (Å²) in [5.74, 6) is 0.199. The van der Waals surface area contributed by atoms with Crippen LogP contribution in [0.1, 0.15) is 43.5 Å². The molecule has 0 aromatic heterocycles. The quantitative estimate of drug-likeness (QED) is 0.643. The minimum absolute atomic E-state index is 0. The van der Waals surface area contributed by atoms with Gasteiger partial charge >= 0.3 is 0 Å². The molecule has 1 amide bonds. The van der Waals surface area contributed by atoms with Crippen molar-refractivity contribution in [1.29, 1.82) is 0 Å². The van der Waals surface area contributed by atoms with E-state index in [0.29, 0.717) is 18.0 Å². The molecule has 4 N–H and O–H groups in total. The van der Waals surface area contributed by atoms with Crippen LogP contribution in [0, 0.1) is 5.92 Å². The second-order valence-electron chi connectivity index (χ2n) is 6.46. The summed E-state index contributed by atoms with van der Waals surface area (Å²) in [7, 11) is -3.48. The van der Waals surface area contributed by atoms with Gasteiger partial charge in [-0.25, -0.2) is 13.1 Å². The molecule has 6 nitrogen and oxygen atoms in total. The fourth-order valence-corrected chi connectivity index (χ4v) is 3.63. The molecule has 136 valence electrons. The van der Waals surface area contributed by atoms with Gasteiger partial charge in [-0.3, -0.25) is 4.79 Å². The number of nitrogens with one attached hydrogen (secondary N) is 2. The van der Waals surface area contributed by atoms with Gasteiger partial charge in [0.05, 0.1) is 4.90 Å². The number of hydrogen-bond donors (Lipinski definition) is 3. The predicted octanol–water partition coefficient (Wildman–Crippen LogP) is 1.65. The summed E-state index contributed by atoms with van der Waals surface area (Å²) in [5.41, 5.74) is 6.11. The average Bonchev–Trinajstić information content (AvgIpc) is 3.29. The molecule has 1 aliphatic carbocycles. The number of benzene rings is 1. The Morgan fingerprint density at radius 2 is 1.83 bits per heavy atom. The van der Waals surface area contributed by atoms with Crippen molar-refractivity contribution in [1.82, 2.24) is 10.0 Å². The van der Waals surface area contributed by atoms with E-state index in [9.17, 15) is 13.2 Å². The SMILES string of the molecule is CC(C)CC(CN)NC(=O)c1ccc(S(=O)(=O)NC2CC2)cc1.Cl. The molecule has 1 fully saturated rings. The number of amides is 1. The van der Waals surface area contributed by atoms with Crippen LogP contribution in [0.25, 0.3) is 0 Å². The van der Waals surface area contributed by atoms with E-state index in [1.54, 1.807) is 0 Å². The van der Waals surface area contributed by atoms with Gasteiger partial charge in [-0.2, -0.15) is 0 Å². The van der Waals surface area contributed by atoms with Crippen molar-refractivity contribution in [2.45, 2.75) is 50.1 Å². The van der Waals surface area contributed by atoms with Crippen LogP contribution in [0.2, 0.25) is 0 Å². The third-order valence-electron chi connectivity index (χ3n) is 3.70. The largest absolute Gasteiger partial charge is 0.348 e. The third-order valence-corrected chi connectivity index (χ3v) is 5.24. The van der Waals surface area contributed by atoms with Gasteiger partial charge in [-0.05, 0) is 49.4 Å². The molecule has 24 heavy (non-hydrogen) atoms. The average molecular weight is 376 g/mol. The van der Waals surface area contributed by atoms with Gasteiger partial charge in [-0.15, -0.1) is 12.4 Å². The first-order valence-corrected chi connectivity index (χ1v) is 9.43. The molecule has 1 unspecified atom stereocenters. The lowest BCUT2D eigenvalue weighted by molar-refractivity contribution is 0.0933. The highest BCUT2D eigenvalue weighted by Gasteiger charge is 2.28. The Balaban J connectivity index is 0.00000288. The van der Waals surface area contributed by atoms with Crippen LogP contribution in [0.5, 0.6) is 0 Å². The molecule has 1 atom stereocenters. The monoisotopic (exact) mass is 375 g/mol. The van der Waals surface area contributed by atoms with Crippen LogP contribution < -0.4 is 15.8 Å². The molecule has 0 heterocycles. The highest BCUT2D eigenvalue weighted by Crippen LogP contribution is 2.22. The van der Waals surface area contributed by atoms with Crippen LogP contribution in [0.4, 0.5) is 0 Å². The van der Waals surface area contributed by atoms with Crippen LogP contribution in [-0.2, 0) is 10.0 Å². The van der Waals surface area contributed by atoms with Crippen LogP contribution in [0.15, 0.2) is 29.2 Å². The number of sulfonamides is 1. The Morgan fingerprint density at radius 3 is 2.29 bits per heavy atom. The summed E-state index contributed by atoms with van der Waals surface area (Å²) in [5, 5.41) is 2.89. The predicted molar refractivity (Wildman–Crippen MR) is 96.8 cm³/mol. The Kier molecular flexibility index (Phi) is 7.66. The van der Waals surface area contributed by atoms with Crippen molar-refractivity contribution < 1.29 is 13.2 Å². The van der Waals surface area contributed by atoms with Crippen molar-refractivity contribution in [3.05, 3.63) is 29.8 Å². The molecule has 1 aromatic carbocycles. The summed E-state index contributed by atoms with van der Waals surface area (Å²) in [6.45, 7) is 4.52. The lowest BCUT2D eigenvalue weighted by Crippen LogP contribution is -2.41. The number of hydrogen-bond acceptors (Lipinski definition) is 4. The van der Waals surface area contributed by atoms with E-state index < -0.39 is 10.0 Å². The molecule has 1 aliphatic rings. The minimum atomic E-state index is -3.48. The minimum Gasteiger partial charge on any atom is -0.348 e. The fraction of sp³-hybridized carbons (Fsp3) is 0.562. The second-order valence-corrected chi connectivity index (χ2v) is 8.17. The zero-order valence-electron chi connectivity index (χ0n) is 14.0. The van der Waals surface area contributed by atoms with Gasteiger partial charge in [0, 0.05) is 24.2 Å². The number of carbonyl (C=O) groups excluding carboxylic acids is 1. The van der Waals surface area contributed by atoms with E-state index in [1.165, 1.54) is 24.3 Å². The van der Waals surface area contributed by atoms with E-state index in [1.807, 2.05) is 0 Å². The standard InChI is InChI=1S/C16H25N3O3S.ClH/c1-11(2)9-14(10-17)18-16(20)12-3-7-15(8-4-12)23(21,22)19-13-5-6-13;/h3-4,7-8,11,13-14,19H,5-6,9-10,17H2,1-2H3,(H,18,20);1H. The topological polar surface area (TPSA) is 101 Å². The van der Waals surface area contributed by atoms with Gasteiger partial charge in [0.25, 0.3) is 5.91 Å². The van der Waals surface area contributed by atoms with Gasteiger partial charge in [0.2, 0.25) is 10.0 Å². The number of carbonyl (C=O) groups is 1. The highest BCUT2D eigenvalue weighted by atomic mass is 35.5. The summed E-state index contributed by atoms with van der Waals surface area (Å²) in [4.78, 5) is 12.4. The summed E-state index contributed by atoms with van der Waals surface area (Å²) in [6, 6.07) is 5.95. The molecular formula is C16H26ClN3O3S. The Bertz CT molecular complexity index is 643. The van der Waals surface area contributed by atoms with Crippen molar-refractivity contribution >= 4 is 28.3 Å². The molecule has 0 bridgehead atoms. The molecular weight excluding hydrogens is 350 g/mol. The van der Waals surface area contributed by atoms with Crippen LogP contribution in [-0.4, -0.2) is 33.0 Å². The fourth-order valence-electron chi connectivity index (χ4n) is 2.33. The smallest absolute Gasteiger partial charge is 0.251 e. The van der Waals surface area contributed by atoms with Crippen molar-refractivity contribution in [2.75, 3.05) is 6.54 Å². The first-order valence-electron chi connectivity index (χ1n) is 7.95. The van der Waals surface area contributed by atoms with Gasteiger partial charge in [-0.1, -0.05) is 13.8 Å². The molecule has 0 radical (unpaired) electrons. The molecule has 0 spiro atoms. The Labute approximate surface area is 150 Å². The molecule has 2 rings (SSSR count). The van der Waals surface area contributed by atoms with E-state index in [4.69, 9.17) is 5.73 Å². The summed E-state index contributed by atoms with van der Waals surface area (Å²) >= 11 is 0. The van der Waals surface area contributed by atoms with Gasteiger partial charge < -0.3 is 11.1 Å². The van der Waals surface area contributed by atoms with E-state index in [-0.39, 0.29) is 35.3 Å². The summed E-state index contributed by atoms with van der Waals surface area (Å²) in [6.07, 6.45) is 2.58. The molecule has 0 saturated heterocycles. The van der Waals surface area contributed by atoms with Crippen LogP contribution >= 0.6 is 12.4 Å². The van der Waals surface area contributed by atoms with Crippen molar-refractivity contribution in [3.63, 3.8) is 0 Å². The maximum Gasteiger partial charge on any atom is 0.251 e. The Hall–Kier alpha value is -1.15. The van der Waals surface area contributed by atoms with Crippen molar-refractivity contribution in [2.24, 2.45) is 11.7 Å². The Morgan fingerprint density at radius 1 is 1.25 bits per heavy atom. The zero-order chi connectivity index (χ0) is 17.0. The molecule has 1 saturated carbocycles. The molecule has 0 aliphatic heterocycles. The van der Waals surface area contributed by atoms with E-state index >= 15 is 0 Å². The second kappa shape index (κ2) is 8.80. The lowest BCUT2D eigenvalue weighted by atomic mass is 10.0. The number of halogens is 1. The van der Waals surface area contributed by atoms with Crippen molar-refractivity contribution in [3.8, 4) is 0 Å². The van der Waals surface area contributed by atoms with E-state index in [2.05, 4.69) is 23.9 Å². The molecule has 1 aromatic rings. The number of nitrogens with two attached hydrogens (primary N) is 1.